The summed E-state index contributed by atoms with van der Waals surface area (Å²) < 4.78 is 5.68. The lowest BCUT2D eigenvalue weighted by Crippen LogP contribution is -1.96. The van der Waals surface area contributed by atoms with E-state index in [1.54, 1.807) is 43.3 Å². The lowest BCUT2D eigenvalue weighted by molar-refractivity contribution is -0.385. The third kappa shape index (κ3) is 3.38. The van der Waals surface area contributed by atoms with E-state index in [4.69, 9.17) is 4.74 Å². The molecule has 0 radical (unpaired) electrons. The summed E-state index contributed by atoms with van der Waals surface area (Å²) in [5, 5.41) is 20.6. The van der Waals surface area contributed by atoms with E-state index in [1.165, 1.54) is 6.07 Å². The molecule has 1 N–H and O–H groups in total. The molecule has 0 amide bonds. The van der Waals surface area contributed by atoms with Crippen LogP contribution < -0.4 is 4.74 Å². The number of hydrogen-bond acceptors (Lipinski definition) is 4. The van der Waals surface area contributed by atoms with Gasteiger partial charge in [-0.3, -0.25) is 10.1 Å². The van der Waals surface area contributed by atoms with Gasteiger partial charge in [-0.05, 0) is 37.1 Å². The van der Waals surface area contributed by atoms with Crippen LogP contribution in [0.25, 0.3) is 0 Å². The normalized spacial score (nSPS) is 12.0. The van der Waals surface area contributed by atoms with E-state index in [-0.39, 0.29) is 5.69 Å². The van der Waals surface area contributed by atoms with Gasteiger partial charge in [-0.25, -0.2) is 0 Å². The number of hydrogen-bond donors (Lipinski definition) is 1. The number of nitrogens with zero attached hydrogens (tertiary/aromatic N) is 1. The Morgan fingerprint density at radius 1 is 1.24 bits per heavy atom. The largest absolute Gasteiger partial charge is 0.457 e. The van der Waals surface area contributed by atoms with Crippen LogP contribution in [0.15, 0.2) is 42.5 Å². The van der Waals surface area contributed by atoms with Gasteiger partial charge in [0.15, 0.2) is 0 Å². The van der Waals surface area contributed by atoms with E-state index in [1.807, 2.05) is 6.92 Å². The summed E-state index contributed by atoms with van der Waals surface area (Å²) in [5.41, 5.74) is 1.34. The first-order valence-corrected chi connectivity index (χ1v) is 6.72. The minimum atomic E-state index is -0.487. The molecule has 0 aromatic heterocycles. The van der Waals surface area contributed by atoms with Gasteiger partial charge >= 0.3 is 0 Å². The molecule has 2 rings (SSSR count). The summed E-state index contributed by atoms with van der Waals surface area (Å²) in [7, 11) is 0. The molecule has 1 atom stereocenters. The first-order valence-electron chi connectivity index (χ1n) is 6.72. The summed E-state index contributed by atoms with van der Waals surface area (Å²) in [6.45, 7) is 3.56. The molecule has 0 heterocycles. The van der Waals surface area contributed by atoms with E-state index >= 15 is 0 Å². The molecule has 0 fully saturated rings. The van der Waals surface area contributed by atoms with Crippen LogP contribution in [0.4, 0.5) is 5.69 Å². The second kappa shape index (κ2) is 6.37. The monoisotopic (exact) mass is 287 g/mol. The van der Waals surface area contributed by atoms with Crippen LogP contribution in [0.3, 0.4) is 0 Å². The van der Waals surface area contributed by atoms with Crippen LogP contribution in [0, 0.1) is 17.0 Å². The molecule has 0 saturated heterocycles. The van der Waals surface area contributed by atoms with Gasteiger partial charge in [0.1, 0.15) is 11.5 Å². The summed E-state index contributed by atoms with van der Waals surface area (Å²) >= 11 is 0. The zero-order chi connectivity index (χ0) is 15.4. The van der Waals surface area contributed by atoms with Gasteiger partial charge in [0, 0.05) is 6.07 Å². The van der Waals surface area contributed by atoms with Gasteiger partial charge in [0.25, 0.3) is 5.69 Å². The van der Waals surface area contributed by atoms with Crippen LogP contribution in [-0.4, -0.2) is 10.0 Å². The SMILES string of the molecule is CC[C@@H](O)c1ccc(Oc2cccc([N+](=O)[O-])c2C)cc1. The van der Waals surface area contributed by atoms with Crippen molar-refractivity contribution in [2.45, 2.75) is 26.4 Å². The lowest BCUT2D eigenvalue weighted by atomic mass is 10.1. The molecule has 2 aromatic carbocycles. The van der Waals surface area contributed by atoms with Crippen molar-refractivity contribution < 1.29 is 14.8 Å². The minimum absolute atomic E-state index is 0.0329. The Balaban J connectivity index is 2.22. The molecule has 0 aliphatic rings. The van der Waals surface area contributed by atoms with Crippen LogP contribution >= 0.6 is 0 Å². The fraction of sp³-hybridized carbons (Fsp3) is 0.250. The Kier molecular flexibility index (Phi) is 4.55. The van der Waals surface area contributed by atoms with Crippen molar-refractivity contribution in [1.29, 1.82) is 0 Å². The second-order valence-corrected chi connectivity index (χ2v) is 4.75. The minimum Gasteiger partial charge on any atom is -0.457 e. The number of benzene rings is 2. The zero-order valence-corrected chi connectivity index (χ0v) is 11.9. The van der Waals surface area contributed by atoms with E-state index < -0.39 is 11.0 Å². The lowest BCUT2D eigenvalue weighted by Gasteiger charge is -2.11. The number of nitro groups is 1. The quantitative estimate of drug-likeness (QED) is 0.662. The summed E-state index contributed by atoms with van der Waals surface area (Å²) in [4.78, 5) is 10.5. The highest BCUT2D eigenvalue weighted by Gasteiger charge is 2.14. The predicted octanol–water partition coefficient (Wildman–Crippen LogP) is 4.14. The zero-order valence-electron chi connectivity index (χ0n) is 11.9. The van der Waals surface area contributed by atoms with Gasteiger partial charge < -0.3 is 9.84 Å². The summed E-state index contributed by atoms with van der Waals surface area (Å²) in [6, 6.07) is 11.8. The van der Waals surface area contributed by atoms with Crippen LogP contribution in [0.2, 0.25) is 0 Å². The van der Waals surface area contributed by atoms with E-state index in [9.17, 15) is 15.2 Å². The Morgan fingerprint density at radius 3 is 2.48 bits per heavy atom. The highest BCUT2D eigenvalue weighted by atomic mass is 16.6. The molecule has 21 heavy (non-hydrogen) atoms. The summed E-state index contributed by atoms with van der Waals surface area (Å²) in [5.74, 6) is 1.03. The maximum atomic E-state index is 10.9. The van der Waals surface area contributed by atoms with Crippen molar-refractivity contribution in [2.24, 2.45) is 0 Å². The standard InChI is InChI=1S/C16H17NO4/c1-3-15(18)12-7-9-13(10-8-12)21-16-6-4-5-14(11(16)2)17(19)20/h4-10,15,18H,3H2,1-2H3/t15-/m1/s1. The van der Waals surface area contributed by atoms with E-state index in [0.29, 0.717) is 23.5 Å². The number of aliphatic hydroxyl groups excluding tert-OH is 1. The maximum absolute atomic E-state index is 10.9. The first-order chi connectivity index (χ1) is 10.0. The average Bonchev–Trinajstić information content (AvgIpc) is 2.49. The number of ether oxygens (including phenoxy) is 1. The van der Waals surface area contributed by atoms with Crippen LogP contribution in [0.5, 0.6) is 11.5 Å². The maximum Gasteiger partial charge on any atom is 0.276 e. The fourth-order valence-corrected chi connectivity index (χ4v) is 2.03. The molecular weight excluding hydrogens is 270 g/mol. The smallest absolute Gasteiger partial charge is 0.276 e. The van der Waals surface area contributed by atoms with Crippen molar-refractivity contribution in [3.8, 4) is 11.5 Å². The molecule has 0 unspecified atom stereocenters. The fourth-order valence-electron chi connectivity index (χ4n) is 2.03. The Labute approximate surface area is 123 Å². The van der Waals surface area contributed by atoms with E-state index in [0.717, 1.165) is 5.56 Å². The number of rotatable bonds is 5. The molecule has 0 spiro atoms. The van der Waals surface area contributed by atoms with Crippen molar-refractivity contribution in [3.05, 3.63) is 63.7 Å². The molecule has 0 saturated carbocycles. The Morgan fingerprint density at radius 2 is 1.90 bits per heavy atom. The molecule has 5 nitrogen and oxygen atoms in total. The van der Waals surface area contributed by atoms with Crippen molar-refractivity contribution >= 4 is 5.69 Å². The predicted molar refractivity (Wildman–Crippen MR) is 79.6 cm³/mol. The third-order valence-electron chi connectivity index (χ3n) is 3.33. The average molecular weight is 287 g/mol. The van der Waals surface area contributed by atoms with Gasteiger partial charge in [0.2, 0.25) is 0 Å². The van der Waals surface area contributed by atoms with E-state index in [2.05, 4.69) is 0 Å². The van der Waals surface area contributed by atoms with Gasteiger partial charge in [0.05, 0.1) is 16.6 Å². The summed E-state index contributed by atoms with van der Waals surface area (Å²) in [6.07, 6.45) is 0.156. The van der Waals surface area contributed by atoms with Gasteiger partial charge in [-0.2, -0.15) is 0 Å². The third-order valence-corrected chi connectivity index (χ3v) is 3.33. The Bertz CT molecular complexity index is 637. The first kappa shape index (κ1) is 15.0. The van der Waals surface area contributed by atoms with Crippen molar-refractivity contribution in [3.63, 3.8) is 0 Å². The van der Waals surface area contributed by atoms with Crippen LogP contribution in [0.1, 0.15) is 30.6 Å². The Hall–Kier alpha value is -2.40. The van der Waals surface area contributed by atoms with Gasteiger partial charge in [-0.15, -0.1) is 0 Å². The highest BCUT2D eigenvalue weighted by molar-refractivity contribution is 5.49. The molecule has 2 aromatic rings. The molecule has 110 valence electrons. The second-order valence-electron chi connectivity index (χ2n) is 4.75. The number of nitro benzene ring substituents is 1. The van der Waals surface area contributed by atoms with Crippen LogP contribution in [-0.2, 0) is 0 Å². The highest BCUT2D eigenvalue weighted by Crippen LogP contribution is 2.31. The molecule has 0 aliphatic heterocycles. The molecular formula is C16H17NO4. The molecule has 0 bridgehead atoms. The molecule has 5 heteroatoms. The van der Waals surface area contributed by atoms with Crippen molar-refractivity contribution in [2.75, 3.05) is 0 Å². The topological polar surface area (TPSA) is 72.6 Å². The van der Waals surface area contributed by atoms with Gasteiger partial charge in [-0.1, -0.05) is 25.1 Å². The van der Waals surface area contributed by atoms with Crippen molar-refractivity contribution in [1.82, 2.24) is 0 Å². The molecule has 0 aliphatic carbocycles. The number of aliphatic hydroxyl groups is 1.